The van der Waals surface area contributed by atoms with Gasteiger partial charge in [-0.15, -0.1) is 0 Å². The zero-order valence-corrected chi connectivity index (χ0v) is 11.0. The quantitative estimate of drug-likeness (QED) is 0.596. The van der Waals surface area contributed by atoms with Crippen LogP contribution in [0.2, 0.25) is 0 Å². The van der Waals surface area contributed by atoms with Crippen LogP contribution in [0.5, 0.6) is 0 Å². The maximum Gasteiger partial charge on any atom is 0.0180 e. The van der Waals surface area contributed by atoms with E-state index in [0.717, 1.165) is 12.6 Å². The molecule has 14 heavy (non-hydrogen) atoms. The molecule has 0 bridgehead atoms. The Labute approximate surface area is 93.8 Å². The highest BCUT2D eigenvalue weighted by Crippen LogP contribution is 2.08. The highest BCUT2D eigenvalue weighted by molar-refractivity contribution is 7.98. The molecule has 0 aliphatic heterocycles. The second kappa shape index (κ2) is 9.81. The molecule has 0 saturated heterocycles. The highest BCUT2D eigenvalue weighted by Gasteiger charge is 2.10. The lowest BCUT2D eigenvalue weighted by Gasteiger charge is -2.26. The fourth-order valence-corrected chi connectivity index (χ4v) is 2.47. The standard InChI is InChI=1S/C11H26N2S/c1-5-11(10-14-4)13(3)9-7-6-8-12-2/h11-12H,5-10H2,1-4H3. The van der Waals surface area contributed by atoms with E-state index in [1.54, 1.807) is 0 Å². The third-order valence-corrected chi connectivity index (χ3v) is 3.36. The molecule has 3 heteroatoms. The van der Waals surface area contributed by atoms with E-state index in [2.05, 4.69) is 30.4 Å². The number of nitrogens with zero attached hydrogens (tertiary/aromatic N) is 1. The molecule has 0 aliphatic carbocycles. The molecule has 0 rings (SSSR count). The van der Waals surface area contributed by atoms with E-state index in [4.69, 9.17) is 0 Å². The molecule has 0 aliphatic rings. The lowest BCUT2D eigenvalue weighted by molar-refractivity contribution is 0.251. The second-order valence-corrected chi connectivity index (χ2v) is 4.72. The predicted octanol–water partition coefficient (Wildman–Crippen LogP) is 2.06. The first kappa shape index (κ1) is 14.3. The van der Waals surface area contributed by atoms with Crippen LogP contribution in [0.4, 0.5) is 0 Å². The van der Waals surface area contributed by atoms with Crippen molar-refractivity contribution in [2.75, 3.05) is 39.2 Å². The van der Waals surface area contributed by atoms with Gasteiger partial charge in [0.05, 0.1) is 0 Å². The van der Waals surface area contributed by atoms with E-state index in [1.165, 1.54) is 31.6 Å². The predicted molar refractivity (Wildman–Crippen MR) is 68.3 cm³/mol. The highest BCUT2D eigenvalue weighted by atomic mass is 32.2. The van der Waals surface area contributed by atoms with Gasteiger partial charge in [-0.3, -0.25) is 0 Å². The van der Waals surface area contributed by atoms with Crippen LogP contribution < -0.4 is 5.32 Å². The van der Waals surface area contributed by atoms with E-state index >= 15 is 0 Å². The average Bonchev–Trinajstić information content (AvgIpc) is 2.20. The van der Waals surface area contributed by atoms with Crippen LogP contribution in [-0.2, 0) is 0 Å². The first-order valence-corrected chi connectivity index (χ1v) is 6.99. The average molecular weight is 218 g/mol. The maximum absolute atomic E-state index is 3.19. The van der Waals surface area contributed by atoms with Crippen molar-refractivity contribution in [1.82, 2.24) is 10.2 Å². The SMILES string of the molecule is CCC(CSC)N(C)CCCCNC. The number of unbranched alkanes of at least 4 members (excludes halogenated alkanes) is 1. The number of rotatable bonds is 9. The van der Waals surface area contributed by atoms with Crippen molar-refractivity contribution in [1.29, 1.82) is 0 Å². The van der Waals surface area contributed by atoms with Gasteiger partial charge >= 0.3 is 0 Å². The van der Waals surface area contributed by atoms with Crippen LogP contribution in [0, 0.1) is 0 Å². The smallest absolute Gasteiger partial charge is 0.0180 e. The Morgan fingerprint density at radius 3 is 2.57 bits per heavy atom. The number of nitrogens with one attached hydrogen (secondary N) is 1. The largest absolute Gasteiger partial charge is 0.320 e. The lowest BCUT2D eigenvalue weighted by atomic mass is 10.2. The molecule has 86 valence electrons. The van der Waals surface area contributed by atoms with Crippen LogP contribution in [0.3, 0.4) is 0 Å². The zero-order valence-electron chi connectivity index (χ0n) is 10.2. The topological polar surface area (TPSA) is 15.3 Å². The molecule has 1 unspecified atom stereocenters. The van der Waals surface area contributed by atoms with E-state index < -0.39 is 0 Å². The third-order valence-electron chi connectivity index (χ3n) is 2.64. The van der Waals surface area contributed by atoms with E-state index in [0.29, 0.717) is 0 Å². The summed E-state index contributed by atoms with van der Waals surface area (Å²) in [5.74, 6) is 1.26. The van der Waals surface area contributed by atoms with Gasteiger partial charge in [-0.1, -0.05) is 6.92 Å². The van der Waals surface area contributed by atoms with Crippen LogP contribution in [0.25, 0.3) is 0 Å². The molecule has 0 aromatic carbocycles. The molecule has 0 aromatic rings. The molecular weight excluding hydrogens is 192 g/mol. The first-order valence-electron chi connectivity index (χ1n) is 5.60. The van der Waals surface area contributed by atoms with Crippen LogP contribution >= 0.6 is 11.8 Å². The minimum atomic E-state index is 0.764. The van der Waals surface area contributed by atoms with Gasteiger partial charge in [0.1, 0.15) is 0 Å². The van der Waals surface area contributed by atoms with Crippen molar-refractivity contribution in [3.8, 4) is 0 Å². The molecule has 0 aromatic heterocycles. The molecular formula is C11H26N2S. The van der Waals surface area contributed by atoms with Gasteiger partial charge < -0.3 is 10.2 Å². The van der Waals surface area contributed by atoms with E-state index in [9.17, 15) is 0 Å². The normalized spacial score (nSPS) is 13.5. The fourth-order valence-electron chi connectivity index (χ4n) is 1.59. The van der Waals surface area contributed by atoms with Crippen molar-refractivity contribution in [2.45, 2.75) is 32.2 Å². The molecule has 0 heterocycles. The Morgan fingerprint density at radius 2 is 2.07 bits per heavy atom. The molecule has 0 spiro atoms. The van der Waals surface area contributed by atoms with Crippen molar-refractivity contribution in [2.24, 2.45) is 0 Å². The van der Waals surface area contributed by atoms with Crippen molar-refractivity contribution in [3.05, 3.63) is 0 Å². The summed E-state index contributed by atoms with van der Waals surface area (Å²) in [4.78, 5) is 2.51. The lowest BCUT2D eigenvalue weighted by Crippen LogP contribution is -2.34. The van der Waals surface area contributed by atoms with Gasteiger partial charge in [0.15, 0.2) is 0 Å². The summed E-state index contributed by atoms with van der Waals surface area (Å²) in [7, 11) is 4.27. The molecule has 2 nitrogen and oxygen atoms in total. The van der Waals surface area contributed by atoms with Crippen molar-refractivity contribution < 1.29 is 0 Å². The minimum absolute atomic E-state index is 0.764. The summed E-state index contributed by atoms with van der Waals surface area (Å²) >= 11 is 1.95. The van der Waals surface area contributed by atoms with Crippen LogP contribution in [0.15, 0.2) is 0 Å². The molecule has 0 fully saturated rings. The zero-order chi connectivity index (χ0) is 10.8. The first-order chi connectivity index (χ1) is 6.76. The van der Waals surface area contributed by atoms with Gasteiger partial charge in [0, 0.05) is 11.8 Å². The Balaban J connectivity index is 3.52. The molecule has 0 amide bonds. The maximum atomic E-state index is 3.19. The Hall–Kier alpha value is 0.270. The van der Waals surface area contributed by atoms with Crippen LogP contribution in [0.1, 0.15) is 26.2 Å². The minimum Gasteiger partial charge on any atom is -0.320 e. The van der Waals surface area contributed by atoms with Gasteiger partial charge in [-0.2, -0.15) is 11.8 Å². The Bertz CT molecular complexity index is 120. The summed E-state index contributed by atoms with van der Waals surface area (Å²) in [6.45, 7) is 4.67. The monoisotopic (exact) mass is 218 g/mol. The molecule has 1 N–H and O–H groups in total. The summed E-state index contributed by atoms with van der Waals surface area (Å²) in [6.07, 6.45) is 6.06. The number of hydrogen-bond donors (Lipinski definition) is 1. The van der Waals surface area contributed by atoms with Crippen molar-refractivity contribution >= 4 is 11.8 Å². The molecule has 0 saturated carbocycles. The van der Waals surface area contributed by atoms with Gasteiger partial charge in [0.25, 0.3) is 0 Å². The second-order valence-electron chi connectivity index (χ2n) is 3.81. The van der Waals surface area contributed by atoms with Gasteiger partial charge in [-0.25, -0.2) is 0 Å². The van der Waals surface area contributed by atoms with E-state index in [1.807, 2.05) is 18.8 Å². The van der Waals surface area contributed by atoms with Crippen LogP contribution in [-0.4, -0.2) is 50.1 Å². The van der Waals surface area contributed by atoms with Gasteiger partial charge in [0.2, 0.25) is 0 Å². The number of thioether (sulfide) groups is 1. The summed E-state index contributed by atoms with van der Waals surface area (Å²) in [5, 5.41) is 3.19. The van der Waals surface area contributed by atoms with E-state index in [-0.39, 0.29) is 0 Å². The molecule has 0 radical (unpaired) electrons. The Kier molecular flexibility index (Phi) is 10.0. The molecule has 1 atom stereocenters. The summed E-state index contributed by atoms with van der Waals surface area (Å²) in [5.41, 5.74) is 0. The summed E-state index contributed by atoms with van der Waals surface area (Å²) < 4.78 is 0. The van der Waals surface area contributed by atoms with Gasteiger partial charge in [-0.05, 0) is 52.7 Å². The fraction of sp³-hybridized carbons (Fsp3) is 1.00. The Morgan fingerprint density at radius 1 is 1.36 bits per heavy atom. The number of hydrogen-bond acceptors (Lipinski definition) is 3. The third kappa shape index (κ3) is 6.68. The summed E-state index contributed by atoms with van der Waals surface area (Å²) in [6, 6.07) is 0.764. The van der Waals surface area contributed by atoms with Crippen molar-refractivity contribution in [3.63, 3.8) is 0 Å².